The van der Waals surface area contributed by atoms with Gasteiger partial charge in [-0.15, -0.1) is 0 Å². The van der Waals surface area contributed by atoms with Crippen LogP contribution < -0.4 is 11.5 Å². The normalized spacial score (nSPS) is 16.3. The summed E-state index contributed by atoms with van der Waals surface area (Å²) in [6.07, 6.45) is 0.450. The summed E-state index contributed by atoms with van der Waals surface area (Å²) in [6.45, 7) is 2.36. The molecule has 0 aromatic carbocycles. The summed E-state index contributed by atoms with van der Waals surface area (Å²) >= 11 is 0. The van der Waals surface area contributed by atoms with Gasteiger partial charge in [0.2, 0.25) is 0 Å². The van der Waals surface area contributed by atoms with E-state index >= 15 is 0 Å². The fraction of sp³-hybridized carbons (Fsp3) is 0.833. The molecule has 0 aromatic heterocycles. The minimum absolute atomic E-state index is 0.186. The number of carboxylic acids is 1. The molecule has 0 bridgehead atoms. The Kier molecular flexibility index (Phi) is 3.99. The average Bonchev–Trinajstić information content (AvgIpc) is 1.87. The van der Waals surface area contributed by atoms with Crippen LogP contribution in [0.15, 0.2) is 0 Å². The van der Waals surface area contributed by atoms with Gasteiger partial charge in [-0.1, -0.05) is 6.92 Å². The topological polar surface area (TPSA) is 89.3 Å². The summed E-state index contributed by atoms with van der Waals surface area (Å²) in [6, 6.07) is -0.765. The van der Waals surface area contributed by atoms with Crippen LogP contribution in [0.2, 0.25) is 0 Å². The fourth-order valence-electron chi connectivity index (χ4n) is 0.631. The van der Waals surface area contributed by atoms with Crippen molar-refractivity contribution in [1.29, 1.82) is 0 Å². The molecule has 4 heteroatoms. The Balaban J connectivity index is 3.56. The van der Waals surface area contributed by atoms with Crippen LogP contribution in [0.4, 0.5) is 0 Å². The van der Waals surface area contributed by atoms with Gasteiger partial charge >= 0.3 is 5.97 Å². The van der Waals surface area contributed by atoms with Gasteiger partial charge < -0.3 is 16.6 Å². The van der Waals surface area contributed by atoms with E-state index in [1.54, 1.807) is 0 Å². The van der Waals surface area contributed by atoms with Crippen LogP contribution >= 0.6 is 0 Å². The van der Waals surface area contributed by atoms with Crippen molar-refractivity contribution < 1.29 is 9.90 Å². The van der Waals surface area contributed by atoms with E-state index in [-0.39, 0.29) is 5.92 Å². The smallest absolute Gasteiger partial charge is 0.320 e. The van der Waals surface area contributed by atoms with Gasteiger partial charge in [-0.3, -0.25) is 4.79 Å². The summed E-state index contributed by atoms with van der Waals surface area (Å²) < 4.78 is 0. The molecule has 0 aliphatic rings. The summed E-state index contributed by atoms with van der Waals surface area (Å²) in [4.78, 5) is 10.2. The third kappa shape index (κ3) is 3.42. The molecule has 2 atom stereocenters. The van der Waals surface area contributed by atoms with Crippen molar-refractivity contribution in [3.63, 3.8) is 0 Å². The Bertz CT molecular complexity index is 116. The lowest BCUT2D eigenvalue weighted by molar-refractivity contribution is -0.138. The molecule has 1 unspecified atom stereocenters. The maximum atomic E-state index is 10.2. The lowest BCUT2D eigenvalue weighted by Gasteiger charge is -2.10. The Morgan fingerprint density at radius 2 is 2.20 bits per heavy atom. The number of nitrogens with two attached hydrogens (primary N) is 2. The van der Waals surface area contributed by atoms with Gasteiger partial charge in [-0.2, -0.15) is 0 Å². The van der Waals surface area contributed by atoms with Crippen molar-refractivity contribution in [1.82, 2.24) is 0 Å². The summed E-state index contributed by atoms with van der Waals surface area (Å²) in [5, 5.41) is 8.36. The zero-order chi connectivity index (χ0) is 8.15. The number of carbonyl (C=O) groups is 1. The molecule has 0 aliphatic heterocycles. The molecule has 0 spiro atoms. The average molecular weight is 146 g/mol. The summed E-state index contributed by atoms with van der Waals surface area (Å²) in [5.41, 5.74) is 10.5. The molecule has 0 aromatic rings. The highest BCUT2D eigenvalue weighted by atomic mass is 16.4. The van der Waals surface area contributed by atoms with E-state index in [0.29, 0.717) is 13.0 Å². The second-order valence-electron chi connectivity index (χ2n) is 2.52. The van der Waals surface area contributed by atoms with Crippen LogP contribution in [-0.2, 0) is 4.79 Å². The Morgan fingerprint density at radius 3 is 2.50 bits per heavy atom. The van der Waals surface area contributed by atoms with Gasteiger partial charge in [0.05, 0.1) is 0 Å². The SMILES string of the molecule is CC(CN)C[C@H](N)C(=O)O. The number of hydrogen-bond donors (Lipinski definition) is 3. The molecule has 0 heterocycles. The highest BCUT2D eigenvalue weighted by Crippen LogP contribution is 2.01. The second-order valence-corrected chi connectivity index (χ2v) is 2.52. The second kappa shape index (κ2) is 4.24. The van der Waals surface area contributed by atoms with Gasteiger partial charge in [0.1, 0.15) is 6.04 Å². The van der Waals surface area contributed by atoms with Crippen LogP contribution in [-0.4, -0.2) is 23.7 Å². The highest BCUT2D eigenvalue weighted by Gasteiger charge is 2.13. The van der Waals surface area contributed by atoms with Crippen molar-refractivity contribution in [3.8, 4) is 0 Å². The van der Waals surface area contributed by atoms with Gasteiger partial charge in [0, 0.05) is 0 Å². The van der Waals surface area contributed by atoms with Crippen molar-refractivity contribution >= 4 is 5.97 Å². The summed E-state index contributed by atoms with van der Waals surface area (Å²) in [5.74, 6) is -0.772. The lowest BCUT2D eigenvalue weighted by Crippen LogP contribution is -2.33. The molecular formula is C6H14N2O2. The third-order valence-electron chi connectivity index (χ3n) is 1.38. The number of carboxylic acid groups (broad SMARTS) is 1. The van der Waals surface area contributed by atoms with Gasteiger partial charge in [-0.05, 0) is 18.9 Å². The van der Waals surface area contributed by atoms with E-state index in [9.17, 15) is 4.79 Å². The van der Waals surface area contributed by atoms with Crippen LogP contribution in [0.25, 0.3) is 0 Å². The first kappa shape index (κ1) is 9.39. The maximum Gasteiger partial charge on any atom is 0.320 e. The predicted molar refractivity (Wildman–Crippen MR) is 38.4 cm³/mol. The minimum Gasteiger partial charge on any atom is -0.480 e. The lowest BCUT2D eigenvalue weighted by atomic mass is 10.0. The third-order valence-corrected chi connectivity index (χ3v) is 1.38. The molecule has 0 saturated carbocycles. The Hall–Kier alpha value is -0.610. The van der Waals surface area contributed by atoms with E-state index in [1.807, 2.05) is 6.92 Å². The first-order valence-corrected chi connectivity index (χ1v) is 3.26. The molecule has 10 heavy (non-hydrogen) atoms. The quantitative estimate of drug-likeness (QED) is 0.493. The molecular weight excluding hydrogens is 132 g/mol. The van der Waals surface area contributed by atoms with Gasteiger partial charge in [-0.25, -0.2) is 0 Å². The van der Waals surface area contributed by atoms with Crippen molar-refractivity contribution in [2.75, 3.05) is 6.54 Å². The standard InChI is InChI=1S/C6H14N2O2/c1-4(3-7)2-5(8)6(9)10/h4-5H,2-3,7-8H2,1H3,(H,9,10)/t4?,5-/m0/s1. The first-order valence-electron chi connectivity index (χ1n) is 3.26. The predicted octanol–water partition coefficient (Wildman–Crippen LogP) is -0.617. The molecule has 5 N–H and O–H groups in total. The minimum atomic E-state index is -0.958. The molecule has 0 aliphatic carbocycles. The Morgan fingerprint density at radius 1 is 1.70 bits per heavy atom. The van der Waals surface area contributed by atoms with Crippen LogP contribution in [0.1, 0.15) is 13.3 Å². The number of rotatable bonds is 4. The van der Waals surface area contributed by atoms with Gasteiger partial charge in [0.15, 0.2) is 0 Å². The zero-order valence-electron chi connectivity index (χ0n) is 6.08. The number of aliphatic carboxylic acids is 1. The number of hydrogen-bond acceptors (Lipinski definition) is 3. The van der Waals surface area contributed by atoms with Crippen LogP contribution in [0.3, 0.4) is 0 Å². The molecule has 0 amide bonds. The highest BCUT2D eigenvalue weighted by molar-refractivity contribution is 5.72. The van der Waals surface area contributed by atoms with E-state index in [1.165, 1.54) is 0 Å². The molecule has 0 fully saturated rings. The van der Waals surface area contributed by atoms with E-state index in [0.717, 1.165) is 0 Å². The Labute approximate surface area is 60.2 Å². The molecule has 4 nitrogen and oxygen atoms in total. The summed E-state index contributed by atoms with van der Waals surface area (Å²) in [7, 11) is 0. The first-order chi connectivity index (χ1) is 4.57. The monoisotopic (exact) mass is 146 g/mol. The van der Waals surface area contributed by atoms with Crippen LogP contribution in [0.5, 0.6) is 0 Å². The van der Waals surface area contributed by atoms with E-state index in [4.69, 9.17) is 16.6 Å². The van der Waals surface area contributed by atoms with Crippen molar-refractivity contribution in [2.45, 2.75) is 19.4 Å². The largest absolute Gasteiger partial charge is 0.480 e. The van der Waals surface area contributed by atoms with Gasteiger partial charge in [0.25, 0.3) is 0 Å². The zero-order valence-corrected chi connectivity index (χ0v) is 6.08. The van der Waals surface area contributed by atoms with E-state index < -0.39 is 12.0 Å². The molecule has 0 rings (SSSR count). The molecule has 60 valence electrons. The fourth-order valence-corrected chi connectivity index (χ4v) is 0.631. The van der Waals surface area contributed by atoms with Crippen molar-refractivity contribution in [3.05, 3.63) is 0 Å². The van der Waals surface area contributed by atoms with E-state index in [2.05, 4.69) is 0 Å². The van der Waals surface area contributed by atoms with Crippen LogP contribution in [0, 0.1) is 5.92 Å². The molecule has 0 radical (unpaired) electrons. The van der Waals surface area contributed by atoms with Crippen molar-refractivity contribution in [2.24, 2.45) is 17.4 Å². The maximum absolute atomic E-state index is 10.2. The molecule has 0 saturated heterocycles.